The van der Waals surface area contributed by atoms with Crippen LogP contribution in [0.3, 0.4) is 0 Å². The molecule has 9 rings (SSSR count). The number of fused-ring (bicyclic) bond motifs is 7. The van der Waals surface area contributed by atoms with Gasteiger partial charge in [-0.15, -0.1) is 0 Å². The molecule has 0 atom stereocenters. The standard InChI is InChI=1S/C43H35NO/c1-43(2)37-23-10-8-19-32(37)35-26-36(31-21-12-15-28-14-6-7-18-30(28)31)40(27-38(35)43)44(29-16-4-3-5-17-29)39-24-13-22-34-33-20-9-11-25-41(33)45-42(34)39/h3-5,8-13,15-17,19-27H,6-7,14,18H2,1-2H3. The van der Waals surface area contributed by atoms with E-state index in [2.05, 4.69) is 146 Å². The third kappa shape index (κ3) is 3.95. The van der Waals surface area contributed by atoms with Gasteiger partial charge in [0.25, 0.3) is 0 Å². The van der Waals surface area contributed by atoms with Gasteiger partial charge in [-0.25, -0.2) is 0 Å². The van der Waals surface area contributed by atoms with Crippen molar-refractivity contribution in [3.63, 3.8) is 0 Å². The molecule has 0 spiro atoms. The van der Waals surface area contributed by atoms with E-state index in [1.165, 1.54) is 63.0 Å². The summed E-state index contributed by atoms with van der Waals surface area (Å²) in [6, 6.07) is 46.7. The van der Waals surface area contributed by atoms with Crippen LogP contribution in [0.4, 0.5) is 17.1 Å². The van der Waals surface area contributed by atoms with E-state index >= 15 is 0 Å². The summed E-state index contributed by atoms with van der Waals surface area (Å²) >= 11 is 0. The second-order valence-electron chi connectivity index (χ2n) is 13.2. The van der Waals surface area contributed by atoms with Crippen LogP contribution in [0.1, 0.15) is 48.9 Å². The Morgan fingerprint density at radius 2 is 1.29 bits per heavy atom. The highest BCUT2D eigenvalue weighted by atomic mass is 16.3. The van der Waals surface area contributed by atoms with Crippen LogP contribution in [-0.4, -0.2) is 0 Å². The topological polar surface area (TPSA) is 16.4 Å². The van der Waals surface area contributed by atoms with Crippen LogP contribution in [0.25, 0.3) is 44.2 Å². The van der Waals surface area contributed by atoms with Crippen molar-refractivity contribution in [1.82, 2.24) is 0 Å². The zero-order chi connectivity index (χ0) is 30.1. The van der Waals surface area contributed by atoms with Gasteiger partial charge in [0.15, 0.2) is 5.58 Å². The van der Waals surface area contributed by atoms with E-state index in [9.17, 15) is 0 Å². The Morgan fingerprint density at radius 3 is 2.20 bits per heavy atom. The zero-order valence-corrected chi connectivity index (χ0v) is 25.8. The molecule has 1 aromatic heterocycles. The van der Waals surface area contributed by atoms with E-state index in [-0.39, 0.29) is 5.41 Å². The highest BCUT2D eigenvalue weighted by molar-refractivity contribution is 6.11. The van der Waals surface area contributed by atoms with Gasteiger partial charge in [0.2, 0.25) is 0 Å². The molecule has 0 saturated carbocycles. The molecule has 2 aliphatic carbocycles. The molecule has 2 heteroatoms. The van der Waals surface area contributed by atoms with E-state index in [0.29, 0.717) is 0 Å². The summed E-state index contributed by atoms with van der Waals surface area (Å²) < 4.78 is 6.69. The Morgan fingerprint density at radius 1 is 0.556 bits per heavy atom. The lowest BCUT2D eigenvalue weighted by Crippen LogP contribution is -2.17. The number of para-hydroxylation sites is 3. The van der Waals surface area contributed by atoms with Crippen LogP contribution in [-0.2, 0) is 18.3 Å². The third-order valence-corrected chi connectivity index (χ3v) is 10.3. The number of hydrogen-bond donors (Lipinski definition) is 0. The Bertz CT molecular complexity index is 2250. The summed E-state index contributed by atoms with van der Waals surface area (Å²) in [5.74, 6) is 0. The van der Waals surface area contributed by atoms with Gasteiger partial charge in [-0.05, 0) is 101 Å². The van der Waals surface area contributed by atoms with E-state index < -0.39 is 0 Å². The van der Waals surface area contributed by atoms with Crippen LogP contribution in [0, 0.1) is 0 Å². The fourth-order valence-electron chi connectivity index (χ4n) is 8.06. The maximum absolute atomic E-state index is 6.69. The summed E-state index contributed by atoms with van der Waals surface area (Å²) in [4.78, 5) is 2.45. The van der Waals surface area contributed by atoms with Gasteiger partial charge in [-0.1, -0.05) is 105 Å². The Hall–Kier alpha value is -5.08. The van der Waals surface area contributed by atoms with Crippen molar-refractivity contribution in [1.29, 1.82) is 0 Å². The molecular formula is C43H35NO. The lowest BCUT2D eigenvalue weighted by Gasteiger charge is -2.31. The molecular weight excluding hydrogens is 546 g/mol. The van der Waals surface area contributed by atoms with Gasteiger partial charge in [0.1, 0.15) is 5.58 Å². The van der Waals surface area contributed by atoms with Crippen molar-refractivity contribution in [2.24, 2.45) is 0 Å². The van der Waals surface area contributed by atoms with Crippen molar-refractivity contribution in [3.8, 4) is 22.3 Å². The number of nitrogens with zero attached hydrogens (tertiary/aromatic N) is 1. The number of aryl methyl sites for hydroxylation is 1. The van der Waals surface area contributed by atoms with Crippen molar-refractivity contribution in [2.75, 3.05) is 4.90 Å². The van der Waals surface area contributed by atoms with Crippen molar-refractivity contribution in [2.45, 2.75) is 44.9 Å². The first-order valence-corrected chi connectivity index (χ1v) is 16.2. The first-order valence-electron chi connectivity index (χ1n) is 16.2. The molecule has 0 N–H and O–H groups in total. The molecule has 0 unspecified atom stereocenters. The van der Waals surface area contributed by atoms with E-state index in [0.717, 1.165) is 46.2 Å². The summed E-state index contributed by atoms with van der Waals surface area (Å²) in [6.07, 6.45) is 4.77. The largest absolute Gasteiger partial charge is 0.454 e. The number of anilines is 3. The van der Waals surface area contributed by atoms with Crippen LogP contribution >= 0.6 is 0 Å². The number of rotatable bonds is 4. The average Bonchev–Trinajstić information content (AvgIpc) is 3.58. The van der Waals surface area contributed by atoms with Gasteiger partial charge in [-0.3, -0.25) is 0 Å². The molecule has 0 bridgehead atoms. The average molecular weight is 582 g/mol. The van der Waals surface area contributed by atoms with Gasteiger partial charge in [0.05, 0.1) is 11.4 Å². The highest BCUT2D eigenvalue weighted by Crippen LogP contribution is 2.54. The molecule has 0 amide bonds. The second kappa shape index (κ2) is 9.97. The van der Waals surface area contributed by atoms with Crippen molar-refractivity contribution in [3.05, 3.63) is 150 Å². The highest BCUT2D eigenvalue weighted by Gasteiger charge is 2.37. The third-order valence-electron chi connectivity index (χ3n) is 10.3. The molecule has 2 nitrogen and oxygen atoms in total. The quantitative estimate of drug-likeness (QED) is 0.206. The van der Waals surface area contributed by atoms with E-state index in [1.54, 1.807) is 0 Å². The first-order chi connectivity index (χ1) is 22.1. The Kier molecular flexibility index (Phi) is 5.83. The zero-order valence-electron chi connectivity index (χ0n) is 25.8. The minimum atomic E-state index is -0.122. The smallest absolute Gasteiger partial charge is 0.159 e. The molecule has 0 fully saturated rings. The van der Waals surface area contributed by atoms with Gasteiger partial charge < -0.3 is 9.32 Å². The first kappa shape index (κ1) is 26.3. The summed E-state index contributed by atoms with van der Waals surface area (Å²) in [6.45, 7) is 4.75. The molecule has 7 aromatic rings. The second-order valence-corrected chi connectivity index (χ2v) is 13.2. The lowest BCUT2D eigenvalue weighted by molar-refractivity contribution is 0.660. The fourth-order valence-corrected chi connectivity index (χ4v) is 8.06. The van der Waals surface area contributed by atoms with Crippen molar-refractivity contribution < 1.29 is 4.42 Å². The van der Waals surface area contributed by atoms with Crippen molar-refractivity contribution >= 4 is 39.0 Å². The van der Waals surface area contributed by atoms with Crippen LogP contribution in [0.5, 0.6) is 0 Å². The number of benzene rings is 6. The molecule has 0 aliphatic heterocycles. The summed E-state index contributed by atoms with van der Waals surface area (Å²) in [5, 5.41) is 2.28. The maximum Gasteiger partial charge on any atom is 0.159 e. The molecule has 0 radical (unpaired) electrons. The van der Waals surface area contributed by atoms with Crippen LogP contribution in [0.2, 0.25) is 0 Å². The van der Waals surface area contributed by atoms with E-state index in [4.69, 9.17) is 4.42 Å². The number of furan rings is 1. The fraction of sp³-hybridized carbons (Fsp3) is 0.163. The lowest BCUT2D eigenvalue weighted by atomic mass is 9.80. The monoisotopic (exact) mass is 581 g/mol. The Balaban J connectivity index is 1.40. The van der Waals surface area contributed by atoms with Crippen LogP contribution < -0.4 is 4.90 Å². The molecule has 2 aliphatic rings. The molecule has 0 saturated heterocycles. The van der Waals surface area contributed by atoms with Gasteiger partial charge >= 0.3 is 0 Å². The SMILES string of the molecule is CC1(C)c2ccccc2-c2cc(-c3cccc4c3CCCC4)c(N(c3ccccc3)c3cccc4c3oc3ccccc34)cc21. The normalized spacial score (nSPS) is 14.7. The summed E-state index contributed by atoms with van der Waals surface area (Å²) in [7, 11) is 0. The molecule has 1 heterocycles. The molecule has 6 aromatic carbocycles. The minimum Gasteiger partial charge on any atom is -0.454 e. The number of hydrogen-bond acceptors (Lipinski definition) is 2. The minimum absolute atomic E-state index is 0.122. The maximum atomic E-state index is 6.69. The van der Waals surface area contributed by atoms with Crippen LogP contribution in [0.15, 0.2) is 132 Å². The predicted octanol–water partition coefficient (Wildman–Crippen LogP) is 11.9. The Labute approximate surface area is 264 Å². The van der Waals surface area contributed by atoms with E-state index in [1.807, 2.05) is 0 Å². The molecule has 45 heavy (non-hydrogen) atoms. The van der Waals surface area contributed by atoms with Gasteiger partial charge in [0, 0.05) is 27.4 Å². The predicted molar refractivity (Wildman–Crippen MR) is 188 cm³/mol. The van der Waals surface area contributed by atoms with Gasteiger partial charge in [-0.2, -0.15) is 0 Å². The summed E-state index contributed by atoms with van der Waals surface area (Å²) in [5.41, 5.74) is 16.1. The molecule has 218 valence electrons.